The number of nitrogens with zero attached hydrogens (tertiary/aromatic N) is 1. The van der Waals surface area contributed by atoms with Gasteiger partial charge in [-0.25, -0.2) is 4.98 Å². The van der Waals surface area contributed by atoms with E-state index in [0.717, 1.165) is 12.3 Å². The third kappa shape index (κ3) is 3.31. The largest absolute Gasteiger partial charge is 0.456 e. The first-order valence-electron chi connectivity index (χ1n) is 5.27. The van der Waals surface area contributed by atoms with Crippen LogP contribution in [0.1, 0.15) is 10.5 Å². The van der Waals surface area contributed by atoms with Crippen LogP contribution in [0, 0.1) is 0 Å². The topological polar surface area (TPSA) is 39.2 Å². The fraction of sp³-hybridized carbons (Fsp3) is 0.0769. The van der Waals surface area contributed by atoms with E-state index in [1.165, 1.54) is 6.07 Å². The molecule has 1 aromatic carbocycles. The molecule has 0 saturated carbocycles. The van der Waals surface area contributed by atoms with Gasteiger partial charge in [-0.1, -0.05) is 18.2 Å². The molecule has 0 bridgehead atoms. The van der Waals surface area contributed by atoms with Crippen molar-refractivity contribution in [2.45, 2.75) is 6.18 Å². The third-order valence-electron chi connectivity index (χ3n) is 2.21. The molecule has 0 amide bonds. The Morgan fingerprint density at radius 3 is 2.21 bits per heavy atom. The number of carbonyl (C=O) groups is 1. The smallest absolute Gasteiger partial charge is 0.456 e. The molecular weight excluding hydrogens is 259 g/mol. The fourth-order valence-corrected chi connectivity index (χ4v) is 1.34. The molecule has 3 nitrogen and oxygen atoms in total. The molecular formula is C13H8F3NO2. The first kappa shape index (κ1) is 13.1. The number of para-hydroxylation sites is 1. The van der Waals surface area contributed by atoms with E-state index < -0.39 is 17.7 Å². The molecule has 0 atom stereocenters. The summed E-state index contributed by atoms with van der Waals surface area (Å²) < 4.78 is 41.8. The van der Waals surface area contributed by atoms with Gasteiger partial charge in [-0.05, 0) is 24.3 Å². The zero-order valence-electron chi connectivity index (χ0n) is 9.52. The second kappa shape index (κ2) is 5.09. The molecule has 19 heavy (non-hydrogen) atoms. The van der Waals surface area contributed by atoms with Crippen LogP contribution < -0.4 is 4.74 Å². The van der Waals surface area contributed by atoms with Crippen LogP contribution >= 0.6 is 0 Å². The van der Waals surface area contributed by atoms with Crippen LogP contribution in [0.5, 0.6) is 11.5 Å². The van der Waals surface area contributed by atoms with Gasteiger partial charge >= 0.3 is 6.18 Å². The predicted octanol–water partition coefficient (Wildman–Crippen LogP) is 3.62. The number of hydrogen-bond acceptors (Lipinski definition) is 3. The minimum atomic E-state index is -4.92. The summed E-state index contributed by atoms with van der Waals surface area (Å²) in [6.45, 7) is 0. The summed E-state index contributed by atoms with van der Waals surface area (Å²) in [5, 5.41) is 0. The van der Waals surface area contributed by atoms with Crippen molar-refractivity contribution in [3.05, 3.63) is 54.4 Å². The maximum absolute atomic E-state index is 12.2. The Bertz CT molecular complexity index is 565. The van der Waals surface area contributed by atoms with E-state index in [-0.39, 0.29) is 5.75 Å². The zero-order valence-corrected chi connectivity index (χ0v) is 9.52. The highest BCUT2D eigenvalue weighted by molar-refractivity contribution is 5.98. The lowest BCUT2D eigenvalue weighted by Crippen LogP contribution is -2.23. The Morgan fingerprint density at radius 2 is 1.68 bits per heavy atom. The first-order valence-corrected chi connectivity index (χ1v) is 5.27. The Labute approximate surface area is 106 Å². The van der Waals surface area contributed by atoms with Gasteiger partial charge in [0.05, 0.1) is 6.20 Å². The summed E-state index contributed by atoms with van der Waals surface area (Å²) in [7, 11) is 0. The standard InChI is InChI=1S/C13H8F3NO2/c14-13(15,16)12(18)11-7-6-10(8-17-11)19-9-4-2-1-3-5-9/h1-8H. The van der Waals surface area contributed by atoms with Crippen LogP contribution in [0.2, 0.25) is 0 Å². The van der Waals surface area contributed by atoms with Crippen molar-refractivity contribution in [1.82, 2.24) is 4.98 Å². The molecule has 0 aliphatic heterocycles. The Kier molecular flexibility index (Phi) is 3.50. The number of Topliss-reactive ketones (excluding diaryl/α,β-unsaturated/α-hetero) is 1. The molecule has 98 valence electrons. The van der Waals surface area contributed by atoms with Crippen LogP contribution in [0.3, 0.4) is 0 Å². The van der Waals surface area contributed by atoms with Crippen molar-refractivity contribution in [3.8, 4) is 11.5 Å². The summed E-state index contributed by atoms with van der Waals surface area (Å²) in [4.78, 5) is 14.4. The lowest BCUT2D eigenvalue weighted by molar-refractivity contribution is -0.0888. The van der Waals surface area contributed by atoms with Crippen molar-refractivity contribution in [2.24, 2.45) is 0 Å². The molecule has 0 saturated heterocycles. The third-order valence-corrected chi connectivity index (χ3v) is 2.21. The van der Waals surface area contributed by atoms with Gasteiger partial charge in [-0.3, -0.25) is 4.79 Å². The van der Waals surface area contributed by atoms with E-state index in [1.807, 2.05) is 0 Å². The Hall–Kier alpha value is -2.37. The van der Waals surface area contributed by atoms with Gasteiger partial charge in [-0.15, -0.1) is 0 Å². The predicted molar refractivity (Wildman–Crippen MR) is 61.1 cm³/mol. The van der Waals surface area contributed by atoms with Crippen molar-refractivity contribution in [3.63, 3.8) is 0 Å². The molecule has 1 heterocycles. The van der Waals surface area contributed by atoms with E-state index in [9.17, 15) is 18.0 Å². The maximum atomic E-state index is 12.2. The van der Waals surface area contributed by atoms with E-state index in [4.69, 9.17) is 4.74 Å². The van der Waals surface area contributed by atoms with Gasteiger partial charge in [-0.2, -0.15) is 13.2 Å². The van der Waals surface area contributed by atoms with E-state index in [2.05, 4.69) is 4.98 Å². The van der Waals surface area contributed by atoms with Gasteiger partial charge in [0, 0.05) is 0 Å². The highest BCUT2D eigenvalue weighted by Crippen LogP contribution is 2.23. The van der Waals surface area contributed by atoms with Crippen LogP contribution in [0.4, 0.5) is 13.2 Å². The number of hydrogen-bond donors (Lipinski definition) is 0. The molecule has 1 aromatic heterocycles. The van der Waals surface area contributed by atoms with Crippen molar-refractivity contribution >= 4 is 5.78 Å². The second-order valence-electron chi connectivity index (χ2n) is 3.62. The average Bonchev–Trinajstić information content (AvgIpc) is 2.39. The number of pyridine rings is 1. The summed E-state index contributed by atoms with van der Waals surface area (Å²) in [6, 6.07) is 10.9. The Balaban J connectivity index is 2.13. The lowest BCUT2D eigenvalue weighted by Gasteiger charge is -2.07. The molecule has 0 aliphatic rings. The number of ketones is 1. The summed E-state index contributed by atoms with van der Waals surface area (Å²) in [6.07, 6.45) is -3.85. The van der Waals surface area contributed by atoms with Crippen molar-refractivity contribution < 1.29 is 22.7 Å². The minimum absolute atomic E-state index is 0.255. The summed E-state index contributed by atoms with van der Waals surface area (Å²) in [5.41, 5.74) is -0.659. The van der Waals surface area contributed by atoms with Crippen LogP contribution in [0.25, 0.3) is 0 Å². The number of ether oxygens (including phenoxy) is 1. The molecule has 2 aromatic rings. The normalized spacial score (nSPS) is 11.1. The number of benzene rings is 1. The van der Waals surface area contributed by atoms with Gasteiger partial charge in [0.25, 0.3) is 5.78 Å². The molecule has 0 radical (unpaired) electrons. The van der Waals surface area contributed by atoms with Gasteiger partial charge in [0.2, 0.25) is 0 Å². The molecule has 0 fully saturated rings. The fourth-order valence-electron chi connectivity index (χ4n) is 1.34. The van der Waals surface area contributed by atoms with Crippen LogP contribution in [0.15, 0.2) is 48.7 Å². The molecule has 2 rings (SSSR count). The van der Waals surface area contributed by atoms with E-state index in [1.54, 1.807) is 30.3 Å². The number of carbonyl (C=O) groups excluding carboxylic acids is 1. The molecule has 6 heteroatoms. The molecule has 0 spiro atoms. The second-order valence-corrected chi connectivity index (χ2v) is 3.62. The lowest BCUT2D eigenvalue weighted by atomic mass is 10.2. The van der Waals surface area contributed by atoms with Crippen LogP contribution in [-0.2, 0) is 0 Å². The highest BCUT2D eigenvalue weighted by atomic mass is 19.4. The number of rotatable bonds is 3. The van der Waals surface area contributed by atoms with Crippen LogP contribution in [-0.4, -0.2) is 16.9 Å². The minimum Gasteiger partial charge on any atom is -0.456 e. The van der Waals surface area contributed by atoms with E-state index >= 15 is 0 Å². The number of halogens is 3. The Morgan fingerprint density at radius 1 is 1.00 bits per heavy atom. The first-order chi connectivity index (χ1) is 8.97. The quantitative estimate of drug-likeness (QED) is 0.797. The van der Waals surface area contributed by atoms with Gasteiger partial charge in [0.15, 0.2) is 0 Å². The maximum Gasteiger partial charge on any atom is 0.456 e. The number of alkyl halides is 3. The van der Waals surface area contributed by atoms with Gasteiger partial charge < -0.3 is 4.74 Å². The van der Waals surface area contributed by atoms with Crippen molar-refractivity contribution in [1.29, 1.82) is 0 Å². The molecule has 0 N–H and O–H groups in total. The molecule has 0 aliphatic carbocycles. The number of aromatic nitrogens is 1. The summed E-state index contributed by atoms with van der Waals surface area (Å²) in [5.74, 6) is -1.19. The SMILES string of the molecule is O=C(c1ccc(Oc2ccccc2)cn1)C(F)(F)F. The average molecular weight is 267 g/mol. The van der Waals surface area contributed by atoms with Crippen molar-refractivity contribution in [2.75, 3.05) is 0 Å². The van der Waals surface area contributed by atoms with Gasteiger partial charge in [0.1, 0.15) is 17.2 Å². The summed E-state index contributed by atoms with van der Waals surface area (Å²) >= 11 is 0. The zero-order chi connectivity index (χ0) is 13.9. The molecule has 0 unspecified atom stereocenters. The monoisotopic (exact) mass is 267 g/mol. The van der Waals surface area contributed by atoms with E-state index in [0.29, 0.717) is 5.75 Å². The highest BCUT2D eigenvalue weighted by Gasteiger charge is 2.40.